The fraction of sp³-hybridized carbons (Fsp3) is 0.897. The minimum absolute atomic E-state index is 0.253. The molecule has 0 radical (unpaired) electrons. The molecular formula is C29H58F3N5O5. The number of nitrogens with one attached hydrogen (secondary N) is 4. The van der Waals surface area contributed by atoms with Crippen LogP contribution in [0.3, 0.4) is 0 Å². The molecule has 0 fully saturated rings. The smallest absolute Gasteiger partial charge is 0.475 e. The van der Waals surface area contributed by atoms with Gasteiger partial charge in [-0.15, -0.1) is 0 Å². The van der Waals surface area contributed by atoms with Gasteiger partial charge in [-0.25, -0.2) is 14.4 Å². The zero-order valence-electron chi connectivity index (χ0n) is 25.8. The van der Waals surface area contributed by atoms with Gasteiger partial charge in [0.05, 0.1) is 0 Å². The number of amides is 2. The van der Waals surface area contributed by atoms with Gasteiger partial charge in [0.2, 0.25) is 0 Å². The van der Waals surface area contributed by atoms with E-state index in [1.807, 2.05) is 5.48 Å². The van der Waals surface area contributed by atoms with E-state index in [2.05, 4.69) is 27.7 Å². The number of hydroxylamine groups is 1. The highest BCUT2D eigenvalue weighted by molar-refractivity contribution is 5.75. The number of primary amides is 1. The number of hydrogen-bond acceptors (Lipinski definition) is 7. The molecule has 0 spiro atoms. The Kier molecular flexibility index (Phi) is 31.8. The summed E-state index contributed by atoms with van der Waals surface area (Å²) in [5.74, 6) is -3.23. The Hall–Kier alpha value is -2.12. The Balaban J connectivity index is 0. The Morgan fingerprint density at radius 2 is 0.929 bits per heavy atom. The summed E-state index contributed by atoms with van der Waals surface area (Å²) >= 11 is 0. The van der Waals surface area contributed by atoms with Gasteiger partial charge in [-0.05, 0) is 77.8 Å². The van der Waals surface area contributed by atoms with Crippen molar-refractivity contribution in [2.24, 2.45) is 5.73 Å². The lowest BCUT2D eigenvalue weighted by molar-refractivity contribution is -0.192. The molecule has 0 heterocycles. The van der Waals surface area contributed by atoms with Gasteiger partial charge in [0.15, 0.2) is 0 Å². The SMILES string of the molecule is CCCCCCCCCCCCCCNCCCCNCCCCNCCCC(=O)ONC(N)=O.O=C(O)C(F)(F)F. The third-order valence-electron chi connectivity index (χ3n) is 6.36. The van der Waals surface area contributed by atoms with Crippen molar-refractivity contribution >= 4 is 18.0 Å². The van der Waals surface area contributed by atoms with E-state index in [0.717, 1.165) is 45.6 Å². The number of carboxylic acid groups (broad SMARTS) is 1. The molecule has 0 saturated heterocycles. The highest BCUT2D eigenvalue weighted by Crippen LogP contribution is 2.13. The van der Waals surface area contributed by atoms with Gasteiger partial charge in [0.25, 0.3) is 0 Å². The lowest BCUT2D eigenvalue weighted by Crippen LogP contribution is -2.32. The number of carbonyl (C=O) groups is 3. The van der Waals surface area contributed by atoms with Gasteiger partial charge in [0.1, 0.15) is 0 Å². The summed E-state index contributed by atoms with van der Waals surface area (Å²) < 4.78 is 31.7. The summed E-state index contributed by atoms with van der Waals surface area (Å²) in [5, 5.41) is 17.5. The van der Waals surface area contributed by atoms with E-state index in [4.69, 9.17) is 15.6 Å². The van der Waals surface area contributed by atoms with Crippen LogP contribution in [0, 0.1) is 0 Å². The van der Waals surface area contributed by atoms with Crippen molar-refractivity contribution in [3.8, 4) is 0 Å². The van der Waals surface area contributed by atoms with Gasteiger partial charge in [0, 0.05) is 6.42 Å². The van der Waals surface area contributed by atoms with Gasteiger partial charge in [-0.3, -0.25) is 0 Å². The van der Waals surface area contributed by atoms with Gasteiger partial charge in [-0.1, -0.05) is 77.6 Å². The summed E-state index contributed by atoms with van der Waals surface area (Å²) in [4.78, 5) is 35.0. The van der Waals surface area contributed by atoms with Crippen LogP contribution in [0.5, 0.6) is 0 Å². The second-order valence-electron chi connectivity index (χ2n) is 10.4. The average Bonchev–Trinajstić information content (AvgIpc) is 2.93. The Labute approximate surface area is 250 Å². The summed E-state index contributed by atoms with van der Waals surface area (Å²) in [5.41, 5.74) is 6.64. The normalized spacial score (nSPS) is 11.0. The molecule has 0 aliphatic rings. The fourth-order valence-electron chi connectivity index (χ4n) is 3.98. The number of carbonyl (C=O) groups excluding carboxylic acids is 2. The predicted octanol–water partition coefficient (Wildman–Crippen LogP) is 5.56. The molecule has 0 atom stereocenters. The molecule has 13 heteroatoms. The lowest BCUT2D eigenvalue weighted by atomic mass is 10.1. The van der Waals surface area contributed by atoms with Crippen molar-refractivity contribution in [1.29, 1.82) is 0 Å². The number of urea groups is 1. The quantitative estimate of drug-likeness (QED) is 0.0520. The van der Waals surface area contributed by atoms with Crippen LogP contribution in [0.1, 0.15) is 122 Å². The average molecular weight is 614 g/mol. The molecular weight excluding hydrogens is 555 g/mol. The monoisotopic (exact) mass is 613 g/mol. The van der Waals surface area contributed by atoms with Gasteiger partial charge < -0.3 is 31.6 Å². The molecule has 0 aliphatic heterocycles. The number of halogens is 3. The Bertz CT molecular complexity index is 643. The van der Waals surface area contributed by atoms with Crippen molar-refractivity contribution in [3.05, 3.63) is 0 Å². The molecule has 7 N–H and O–H groups in total. The highest BCUT2D eigenvalue weighted by Gasteiger charge is 2.38. The molecule has 0 aromatic carbocycles. The van der Waals surface area contributed by atoms with Crippen LogP contribution < -0.4 is 27.2 Å². The van der Waals surface area contributed by atoms with Crippen LogP contribution in [-0.2, 0) is 14.4 Å². The largest absolute Gasteiger partial charge is 0.490 e. The van der Waals surface area contributed by atoms with Crippen LogP contribution in [-0.4, -0.2) is 68.5 Å². The van der Waals surface area contributed by atoms with Crippen LogP contribution in [0.4, 0.5) is 18.0 Å². The molecule has 0 saturated carbocycles. The fourth-order valence-corrected chi connectivity index (χ4v) is 3.98. The maximum absolute atomic E-state index is 11.3. The van der Waals surface area contributed by atoms with E-state index < -0.39 is 24.1 Å². The van der Waals surface area contributed by atoms with Crippen molar-refractivity contribution in [2.45, 2.75) is 129 Å². The first kappa shape index (κ1) is 42.0. The molecule has 0 aromatic heterocycles. The number of alkyl halides is 3. The van der Waals surface area contributed by atoms with E-state index in [-0.39, 0.29) is 6.42 Å². The molecule has 0 bridgehead atoms. The lowest BCUT2D eigenvalue weighted by Gasteiger charge is -2.07. The van der Waals surface area contributed by atoms with Crippen molar-refractivity contribution < 1.29 is 37.5 Å². The maximum atomic E-state index is 11.3. The molecule has 10 nitrogen and oxygen atoms in total. The van der Waals surface area contributed by atoms with Crippen molar-refractivity contribution in [1.82, 2.24) is 21.4 Å². The molecule has 250 valence electrons. The Morgan fingerprint density at radius 1 is 0.619 bits per heavy atom. The standard InChI is InChI=1S/C27H57N5O3.C2HF3O2/c1-2-3-4-5-6-7-8-9-10-11-12-13-20-29-21-14-15-22-30-23-16-17-24-31-25-18-19-26(33)35-32-27(28)34;3-2(4,5)1(6)7/h29-31H,2-25H2,1H3,(H3,28,32,34);(H,6,7). The van der Waals surface area contributed by atoms with E-state index in [1.165, 1.54) is 96.4 Å². The minimum atomic E-state index is -5.08. The van der Waals surface area contributed by atoms with Gasteiger partial charge in [-0.2, -0.15) is 18.7 Å². The van der Waals surface area contributed by atoms with E-state index >= 15 is 0 Å². The van der Waals surface area contributed by atoms with Gasteiger partial charge >= 0.3 is 24.1 Å². The predicted molar refractivity (Wildman–Crippen MR) is 160 cm³/mol. The van der Waals surface area contributed by atoms with Crippen LogP contribution in [0.25, 0.3) is 0 Å². The third kappa shape index (κ3) is 37.9. The zero-order valence-corrected chi connectivity index (χ0v) is 25.8. The summed E-state index contributed by atoms with van der Waals surface area (Å²) in [6.45, 7) is 8.43. The van der Waals surface area contributed by atoms with Crippen LogP contribution >= 0.6 is 0 Å². The first-order valence-electron chi connectivity index (χ1n) is 15.8. The first-order valence-corrected chi connectivity index (χ1v) is 15.8. The van der Waals surface area contributed by atoms with E-state index in [1.54, 1.807) is 0 Å². The number of aliphatic carboxylic acids is 1. The number of carboxylic acids is 1. The second-order valence-corrected chi connectivity index (χ2v) is 10.4. The molecule has 0 rings (SSSR count). The highest BCUT2D eigenvalue weighted by atomic mass is 19.4. The topological polar surface area (TPSA) is 155 Å². The summed E-state index contributed by atoms with van der Waals surface area (Å²) in [6.07, 6.45) is 17.5. The van der Waals surface area contributed by atoms with E-state index in [0.29, 0.717) is 6.42 Å². The summed E-state index contributed by atoms with van der Waals surface area (Å²) in [7, 11) is 0. The number of nitrogens with two attached hydrogens (primary N) is 1. The third-order valence-corrected chi connectivity index (χ3v) is 6.36. The van der Waals surface area contributed by atoms with E-state index in [9.17, 15) is 22.8 Å². The van der Waals surface area contributed by atoms with Crippen molar-refractivity contribution in [2.75, 3.05) is 39.3 Å². The maximum Gasteiger partial charge on any atom is 0.490 e. The first-order chi connectivity index (χ1) is 20.1. The number of hydrogen-bond donors (Lipinski definition) is 6. The number of unbranched alkanes of at least 4 members (excludes halogenated alkanes) is 13. The zero-order chi connectivity index (χ0) is 31.7. The molecule has 42 heavy (non-hydrogen) atoms. The van der Waals surface area contributed by atoms with Crippen molar-refractivity contribution in [3.63, 3.8) is 0 Å². The number of rotatable bonds is 27. The molecule has 0 aromatic rings. The molecule has 0 aliphatic carbocycles. The Morgan fingerprint density at radius 3 is 1.26 bits per heavy atom. The molecule has 0 unspecified atom stereocenters. The van der Waals surface area contributed by atoms with Crippen LogP contribution in [0.15, 0.2) is 0 Å². The second kappa shape index (κ2) is 31.8. The summed E-state index contributed by atoms with van der Waals surface area (Å²) in [6, 6.07) is -0.869. The molecule has 2 amide bonds. The van der Waals surface area contributed by atoms with Crippen LogP contribution in [0.2, 0.25) is 0 Å². The minimum Gasteiger partial charge on any atom is -0.475 e.